The van der Waals surface area contributed by atoms with Crippen LogP contribution < -0.4 is 21.1 Å². The van der Waals surface area contributed by atoms with Crippen LogP contribution in [0.15, 0.2) is 0 Å². The molecule has 0 aliphatic heterocycles. The minimum Gasteiger partial charge on any atom is -0.467 e. The molecule has 0 radical (unpaired) electrons. The van der Waals surface area contributed by atoms with Crippen LogP contribution in [0.1, 0.15) is 0 Å². The van der Waals surface area contributed by atoms with Crippen molar-refractivity contribution in [3.8, 4) is 6.01 Å². The molecule has 9 heteroatoms. The van der Waals surface area contributed by atoms with Gasteiger partial charge >= 0.3 is 12.0 Å². The first kappa shape index (κ1) is 12.2. The van der Waals surface area contributed by atoms with Gasteiger partial charge < -0.3 is 21.1 Å². The molecule has 88 valence electrons. The number of anilines is 1. The van der Waals surface area contributed by atoms with Gasteiger partial charge in [-0.2, -0.15) is 15.0 Å². The zero-order valence-corrected chi connectivity index (χ0v) is 9.28. The van der Waals surface area contributed by atoms with Gasteiger partial charge in [-0.1, -0.05) is 0 Å². The first-order valence-electron chi connectivity index (χ1n) is 4.34. The smallest absolute Gasteiger partial charge is 0.322 e. The van der Waals surface area contributed by atoms with Crippen molar-refractivity contribution in [3.63, 3.8) is 0 Å². The number of carbonyl (C=O) groups is 1. The van der Waals surface area contributed by atoms with Crippen LogP contribution in [-0.2, 0) is 0 Å². The molecule has 0 aliphatic carbocycles. The Hall–Kier alpha value is -1.83. The van der Waals surface area contributed by atoms with Crippen LogP contribution in [0.2, 0.25) is 5.28 Å². The summed E-state index contributed by atoms with van der Waals surface area (Å²) in [6, 6.07) is -0.474. The molecular formula is C7H11ClN6O2. The van der Waals surface area contributed by atoms with Crippen molar-refractivity contribution < 1.29 is 9.53 Å². The van der Waals surface area contributed by atoms with Crippen LogP contribution in [0.4, 0.5) is 10.7 Å². The summed E-state index contributed by atoms with van der Waals surface area (Å²) in [5.41, 5.74) is 4.88. The third kappa shape index (κ3) is 4.13. The average Bonchev–Trinajstić information content (AvgIpc) is 2.23. The SMILES string of the molecule is COc1nc(Cl)nc(NCCNC(N)=O)n1. The number of primary amides is 1. The predicted molar refractivity (Wildman–Crippen MR) is 57.5 cm³/mol. The van der Waals surface area contributed by atoms with E-state index in [4.69, 9.17) is 22.1 Å². The summed E-state index contributed by atoms with van der Waals surface area (Å²) < 4.78 is 4.80. The number of nitrogens with one attached hydrogen (secondary N) is 2. The lowest BCUT2D eigenvalue weighted by Crippen LogP contribution is -2.33. The van der Waals surface area contributed by atoms with Gasteiger partial charge in [-0.05, 0) is 11.6 Å². The molecule has 1 aromatic rings. The fraction of sp³-hybridized carbons (Fsp3) is 0.429. The number of aromatic nitrogens is 3. The van der Waals surface area contributed by atoms with E-state index in [-0.39, 0.29) is 17.2 Å². The van der Waals surface area contributed by atoms with Crippen LogP contribution in [0.3, 0.4) is 0 Å². The number of nitrogens with zero attached hydrogens (tertiary/aromatic N) is 3. The summed E-state index contributed by atoms with van der Waals surface area (Å²) in [5.74, 6) is 0.267. The van der Waals surface area contributed by atoms with Gasteiger partial charge in [0, 0.05) is 13.1 Å². The summed E-state index contributed by atoms with van der Waals surface area (Å²) in [6.07, 6.45) is 0. The highest BCUT2D eigenvalue weighted by atomic mass is 35.5. The van der Waals surface area contributed by atoms with Crippen molar-refractivity contribution in [2.75, 3.05) is 25.5 Å². The van der Waals surface area contributed by atoms with Crippen LogP contribution in [-0.4, -0.2) is 41.2 Å². The van der Waals surface area contributed by atoms with Crippen molar-refractivity contribution >= 4 is 23.6 Å². The van der Waals surface area contributed by atoms with E-state index in [1.807, 2.05) is 0 Å². The summed E-state index contributed by atoms with van der Waals surface area (Å²) in [4.78, 5) is 21.8. The monoisotopic (exact) mass is 246 g/mol. The van der Waals surface area contributed by atoms with Crippen molar-refractivity contribution in [3.05, 3.63) is 5.28 Å². The van der Waals surface area contributed by atoms with E-state index in [1.165, 1.54) is 7.11 Å². The average molecular weight is 247 g/mol. The first-order valence-corrected chi connectivity index (χ1v) is 4.72. The Morgan fingerprint density at radius 3 is 2.81 bits per heavy atom. The number of halogens is 1. The van der Waals surface area contributed by atoms with E-state index in [0.717, 1.165) is 0 Å². The number of rotatable bonds is 5. The molecule has 4 N–H and O–H groups in total. The molecular weight excluding hydrogens is 236 g/mol. The fourth-order valence-electron chi connectivity index (χ4n) is 0.862. The second kappa shape index (κ2) is 5.91. The Morgan fingerprint density at radius 2 is 2.19 bits per heavy atom. The standard InChI is InChI=1S/C7H11ClN6O2/c1-16-7-13-4(8)12-6(14-7)11-3-2-10-5(9)15/h2-3H2,1H3,(H3,9,10,15)(H,11,12,13,14). The van der Waals surface area contributed by atoms with E-state index in [9.17, 15) is 4.79 Å². The van der Waals surface area contributed by atoms with Crippen molar-refractivity contribution in [2.45, 2.75) is 0 Å². The minimum atomic E-state index is -0.590. The maximum absolute atomic E-state index is 10.4. The third-order valence-electron chi connectivity index (χ3n) is 1.48. The van der Waals surface area contributed by atoms with Crippen LogP contribution in [0.25, 0.3) is 0 Å². The molecule has 1 aromatic heterocycles. The third-order valence-corrected chi connectivity index (χ3v) is 1.65. The number of ether oxygens (including phenoxy) is 1. The van der Waals surface area contributed by atoms with E-state index in [0.29, 0.717) is 13.1 Å². The van der Waals surface area contributed by atoms with Crippen LogP contribution in [0.5, 0.6) is 6.01 Å². The molecule has 16 heavy (non-hydrogen) atoms. The second-order valence-corrected chi connectivity index (χ2v) is 2.97. The lowest BCUT2D eigenvalue weighted by Gasteiger charge is -2.05. The molecule has 1 heterocycles. The number of hydrogen-bond acceptors (Lipinski definition) is 6. The second-order valence-electron chi connectivity index (χ2n) is 2.63. The zero-order chi connectivity index (χ0) is 12.0. The van der Waals surface area contributed by atoms with Gasteiger partial charge in [0.2, 0.25) is 11.2 Å². The molecule has 0 saturated carbocycles. The quantitative estimate of drug-likeness (QED) is 0.610. The highest BCUT2D eigenvalue weighted by Gasteiger charge is 2.03. The minimum absolute atomic E-state index is 0.0252. The molecule has 0 spiro atoms. The number of urea groups is 1. The number of amides is 2. The van der Waals surface area contributed by atoms with Crippen molar-refractivity contribution in [2.24, 2.45) is 5.73 Å². The van der Waals surface area contributed by atoms with E-state index in [2.05, 4.69) is 25.6 Å². The number of nitrogens with two attached hydrogens (primary N) is 1. The van der Waals surface area contributed by atoms with Gasteiger partial charge in [-0.15, -0.1) is 0 Å². The molecule has 0 unspecified atom stereocenters. The zero-order valence-electron chi connectivity index (χ0n) is 8.53. The summed E-state index contributed by atoms with van der Waals surface area (Å²) >= 11 is 5.62. The Balaban J connectivity index is 2.47. The molecule has 0 bridgehead atoms. The van der Waals surface area contributed by atoms with E-state index in [1.54, 1.807) is 0 Å². The summed E-state index contributed by atoms with van der Waals surface area (Å²) in [5, 5.41) is 5.24. The lowest BCUT2D eigenvalue weighted by molar-refractivity contribution is 0.249. The molecule has 2 amide bonds. The molecule has 1 rings (SSSR count). The highest BCUT2D eigenvalue weighted by Crippen LogP contribution is 2.09. The Bertz CT molecular complexity index is 374. The summed E-state index contributed by atoms with van der Waals surface area (Å²) in [7, 11) is 1.42. The number of methoxy groups -OCH3 is 1. The van der Waals surface area contributed by atoms with Crippen molar-refractivity contribution in [1.82, 2.24) is 20.3 Å². The van der Waals surface area contributed by atoms with E-state index < -0.39 is 6.03 Å². The molecule has 0 atom stereocenters. The molecule has 0 aromatic carbocycles. The first-order chi connectivity index (χ1) is 7.61. The summed E-state index contributed by atoms with van der Waals surface area (Å²) in [6.45, 7) is 0.757. The van der Waals surface area contributed by atoms with Crippen LogP contribution >= 0.6 is 11.6 Å². The normalized spacial score (nSPS) is 9.62. The van der Waals surface area contributed by atoms with E-state index >= 15 is 0 Å². The molecule has 8 nitrogen and oxygen atoms in total. The lowest BCUT2D eigenvalue weighted by atomic mass is 10.6. The van der Waals surface area contributed by atoms with Gasteiger partial charge in [-0.3, -0.25) is 0 Å². The topological polar surface area (TPSA) is 115 Å². The van der Waals surface area contributed by atoms with Gasteiger partial charge in [-0.25, -0.2) is 4.79 Å². The maximum atomic E-state index is 10.4. The number of carbonyl (C=O) groups excluding carboxylic acids is 1. The molecule has 0 aliphatic rings. The largest absolute Gasteiger partial charge is 0.467 e. The van der Waals surface area contributed by atoms with Gasteiger partial charge in [0.1, 0.15) is 0 Å². The number of hydrogen-bond donors (Lipinski definition) is 3. The Morgan fingerprint density at radius 1 is 1.44 bits per heavy atom. The molecule has 0 saturated heterocycles. The van der Waals surface area contributed by atoms with Crippen LogP contribution in [0, 0.1) is 0 Å². The van der Waals surface area contributed by atoms with Crippen molar-refractivity contribution in [1.29, 1.82) is 0 Å². The Kier molecular flexibility index (Phi) is 4.52. The van der Waals surface area contributed by atoms with Gasteiger partial charge in [0.25, 0.3) is 0 Å². The van der Waals surface area contributed by atoms with Gasteiger partial charge in [0.05, 0.1) is 7.11 Å². The fourth-order valence-corrected chi connectivity index (χ4v) is 1.01. The van der Waals surface area contributed by atoms with Gasteiger partial charge in [0.15, 0.2) is 0 Å². The maximum Gasteiger partial charge on any atom is 0.322 e. The predicted octanol–water partition coefficient (Wildman–Crippen LogP) is -0.386. The highest BCUT2D eigenvalue weighted by molar-refractivity contribution is 6.28. The Labute approximate surface area is 96.6 Å². The molecule has 0 fully saturated rings.